The van der Waals surface area contributed by atoms with Crippen LogP contribution >= 0.6 is 0 Å². The Kier molecular flexibility index (Phi) is 4.59. The fourth-order valence-corrected chi connectivity index (χ4v) is 2.02. The van der Waals surface area contributed by atoms with E-state index in [1.807, 2.05) is 12.1 Å². The molecule has 1 aromatic rings. The van der Waals surface area contributed by atoms with Crippen LogP contribution in [0.5, 0.6) is 5.75 Å². The quantitative estimate of drug-likeness (QED) is 0.783. The molecule has 0 bridgehead atoms. The second-order valence-corrected chi connectivity index (χ2v) is 4.43. The van der Waals surface area contributed by atoms with Crippen molar-refractivity contribution in [1.29, 1.82) is 0 Å². The molecule has 0 fully saturated rings. The van der Waals surface area contributed by atoms with Crippen LogP contribution in [0.1, 0.15) is 25.3 Å². The van der Waals surface area contributed by atoms with Crippen molar-refractivity contribution < 1.29 is 9.53 Å². The largest absolute Gasteiger partial charge is 0.491 e. The summed E-state index contributed by atoms with van der Waals surface area (Å²) in [6, 6.07) is 6.04. The van der Waals surface area contributed by atoms with E-state index in [1.165, 1.54) is 5.56 Å². The number of rotatable bonds is 5. The zero-order chi connectivity index (χ0) is 12.8. The van der Waals surface area contributed by atoms with Crippen LogP contribution in [0.15, 0.2) is 18.2 Å². The molecule has 2 rings (SSSR count). The molecule has 1 amide bonds. The molecule has 98 valence electrons. The maximum absolute atomic E-state index is 11.5. The number of fused-ring (bicyclic) bond motifs is 1. The molecule has 0 spiro atoms. The summed E-state index contributed by atoms with van der Waals surface area (Å²) in [5.74, 6) is 0.801. The topological polar surface area (TPSA) is 50.4 Å². The molecule has 0 unspecified atom stereocenters. The van der Waals surface area contributed by atoms with Crippen LogP contribution in [0.3, 0.4) is 0 Å². The van der Waals surface area contributed by atoms with Crippen LogP contribution in [-0.2, 0) is 11.2 Å². The molecule has 1 aliphatic heterocycles. The van der Waals surface area contributed by atoms with Crippen molar-refractivity contribution in [2.24, 2.45) is 0 Å². The zero-order valence-electron chi connectivity index (χ0n) is 10.8. The van der Waals surface area contributed by atoms with Crippen LogP contribution in [0, 0.1) is 0 Å². The van der Waals surface area contributed by atoms with Gasteiger partial charge in [0.1, 0.15) is 5.75 Å². The van der Waals surface area contributed by atoms with Crippen molar-refractivity contribution in [3.05, 3.63) is 23.8 Å². The van der Waals surface area contributed by atoms with E-state index in [9.17, 15) is 4.79 Å². The molecule has 1 aliphatic rings. The Balaban J connectivity index is 1.99. The first-order valence-corrected chi connectivity index (χ1v) is 6.56. The Labute approximate surface area is 108 Å². The summed E-state index contributed by atoms with van der Waals surface area (Å²) >= 11 is 0. The van der Waals surface area contributed by atoms with Gasteiger partial charge in [-0.2, -0.15) is 0 Å². The van der Waals surface area contributed by atoms with Gasteiger partial charge in [0.05, 0.1) is 18.7 Å². The van der Waals surface area contributed by atoms with E-state index in [-0.39, 0.29) is 5.91 Å². The summed E-state index contributed by atoms with van der Waals surface area (Å²) in [6.45, 7) is 4.60. The third-order valence-electron chi connectivity index (χ3n) is 2.97. The third kappa shape index (κ3) is 3.47. The van der Waals surface area contributed by atoms with E-state index in [0.717, 1.165) is 37.4 Å². The normalized spacial score (nSPS) is 14.4. The van der Waals surface area contributed by atoms with E-state index >= 15 is 0 Å². The SMILES string of the molecule is CCNCCCc1ccc2c(c1)NC(=O)CCO2. The number of benzene rings is 1. The predicted octanol–water partition coefficient (Wildman–Crippen LogP) is 1.95. The van der Waals surface area contributed by atoms with Crippen molar-refractivity contribution in [2.45, 2.75) is 26.2 Å². The summed E-state index contributed by atoms with van der Waals surface area (Å²) in [7, 11) is 0. The summed E-state index contributed by atoms with van der Waals surface area (Å²) in [5.41, 5.74) is 2.04. The molecule has 18 heavy (non-hydrogen) atoms. The minimum absolute atomic E-state index is 0.0264. The van der Waals surface area contributed by atoms with Gasteiger partial charge >= 0.3 is 0 Å². The summed E-state index contributed by atoms with van der Waals surface area (Å²) < 4.78 is 5.52. The first kappa shape index (κ1) is 12.9. The van der Waals surface area contributed by atoms with Crippen LogP contribution in [0.25, 0.3) is 0 Å². The van der Waals surface area contributed by atoms with Gasteiger partial charge in [0, 0.05) is 0 Å². The highest BCUT2D eigenvalue weighted by atomic mass is 16.5. The van der Waals surface area contributed by atoms with Gasteiger partial charge in [-0.05, 0) is 43.6 Å². The highest BCUT2D eigenvalue weighted by Crippen LogP contribution is 2.28. The Bertz CT molecular complexity index is 418. The fourth-order valence-electron chi connectivity index (χ4n) is 2.02. The monoisotopic (exact) mass is 248 g/mol. The maximum Gasteiger partial charge on any atom is 0.227 e. The van der Waals surface area contributed by atoms with Gasteiger partial charge in [0.15, 0.2) is 0 Å². The van der Waals surface area contributed by atoms with Crippen LogP contribution in [0.4, 0.5) is 5.69 Å². The number of ether oxygens (including phenoxy) is 1. The van der Waals surface area contributed by atoms with Crippen LogP contribution in [-0.4, -0.2) is 25.6 Å². The molecule has 0 atom stereocenters. The first-order valence-electron chi connectivity index (χ1n) is 6.56. The standard InChI is InChI=1S/C14H20N2O2/c1-2-15-8-3-4-11-5-6-13-12(10-11)16-14(17)7-9-18-13/h5-6,10,15H,2-4,7-9H2,1H3,(H,16,17). The molecular weight excluding hydrogens is 228 g/mol. The van der Waals surface area contributed by atoms with Crippen molar-refractivity contribution in [3.63, 3.8) is 0 Å². The molecule has 2 N–H and O–H groups in total. The van der Waals surface area contributed by atoms with Gasteiger partial charge in [-0.1, -0.05) is 13.0 Å². The van der Waals surface area contributed by atoms with Crippen molar-refractivity contribution in [2.75, 3.05) is 25.0 Å². The van der Waals surface area contributed by atoms with Crippen molar-refractivity contribution in [3.8, 4) is 5.75 Å². The van der Waals surface area contributed by atoms with Crippen molar-refractivity contribution >= 4 is 11.6 Å². The van der Waals surface area contributed by atoms with E-state index in [2.05, 4.69) is 23.6 Å². The van der Waals surface area contributed by atoms with E-state index < -0.39 is 0 Å². The highest BCUT2D eigenvalue weighted by Gasteiger charge is 2.13. The lowest BCUT2D eigenvalue weighted by Crippen LogP contribution is -2.14. The summed E-state index contributed by atoms with van der Waals surface area (Å²) in [6.07, 6.45) is 2.53. The van der Waals surface area contributed by atoms with Crippen LogP contribution < -0.4 is 15.4 Å². The molecule has 0 aromatic heterocycles. The lowest BCUT2D eigenvalue weighted by atomic mass is 10.1. The molecule has 0 radical (unpaired) electrons. The lowest BCUT2D eigenvalue weighted by molar-refractivity contribution is -0.116. The molecule has 4 nitrogen and oxygen atoms in total. The van der Waals surface area contributed by atoms with Gasteiger partial charge in [0.25, 0.3) is 0 Å². The fraction of sp³-hybridized carbons (Fsp3) is 0.500. The molecule has 0 aliphatic carbocycles. The number of hydrogen-bond donors (Lipinski definition) is 2. The van der Waals surface area contributed by atoms with Gasteiger partial charge in [-0.15, -0.1) is 0 Å². The predicted molar refractivity (Wildman–Crippen MR) is 72.0 cm³/mol. The van der Waals surface area contributed by atoms with Crippen LogP contribution in [0.2, 0.25) is 0 Å². The molecule has 1 heterocycles. The highest BCUT2D eigenvalue weighted by molar-refractivity contribution is 5.93. The van der Waals surface area contributed by atoms with Gasteiger partial charge in [-0.25, -0.2) is 0 Å². The Morgan fingerprint density at radius 2 is 2.33 bits per heavy atom. The Hall–Kier alpha value is -1.55. The average molecular weight is 248 g/mol. The Morgan fingerprint density at radius 1 is 1.44 bits per heavy atom. The summed E-state index contributed by atoms with van der Waals surface area (Å²) in [4.78, 5) is 11.5. The molecule has 4 heteroatoms. The number of aryl methyl sites for hydroxylation is 1. The lowest BCUT2D eigenvalue weighted by Gasteiger charge is -2.09. The number of hydrogen-bond acceptors (Lipinski definition) is 3. The van der Waals surface area contributed by atoms with E-state index in [4.69, 9.17) is 4.74 Å². The minimum atomic E-state index is 0.0264. The van der Waals surface area contributed by atoms with E-state index in [1.54, 1.807) is 0 Å². The minimum Gasteiger partial charge on any atom is -0.491 e. The second kappa shape index (κ2) is 6.40. The maximum atomic E-state index is 11.5. The van der Waals surface area contributed by atoms with Gasteiger partial charge in [-0.3, -0.25) is 4.79 Å². The number of carbonyl (C=O) groups is 1. The number of anilines is 1. The van der Waals surface area contributed by atoms with Gasteiger partial charge in [0.2, 0.25) is 5.91 Å². The number of carbonyl (C=O) groups excluding carboxylic acids is 1. The molecule has 0 saturated carbocycles. The molecule has 0 saturated heterocycles. The Morgan fingerprint density at radius 3 is 3.17 bits per heavy atom. The first-order chi connectivity index (χ1) is 8.79. The van der Waals surface area contributed by atoms with Crippen molar-refractivity contribution in [1.82, 2.24) is 5.32 Å². The molecular formula is C14H20N2O2. The van der Waals surface area contributed by atoms with Gasteiger partial charge < -0.3 is 15.4 Å². The third-order valence-corrected chi connectivity index (χ3v) is 2.97. The average Bonchev–Trinajstić information content (AvgIpc) is 2.55. The summed E-state index contributed by atoms with van der Waals surface area (Å²) in [5, 5.41) is 6.19. The zero-order valence-corrected chi connectivity index (χ0v) is 10.8. The van der Waals surface area contributed by atoms with E-state index in [0.29, 0.717) is 13.0 Å². The number of nitrogens with one attached hydrogen (secondary N) is 2. The molecule has 1 aromatic carbocycles. The second-order valence-electron chi connectivity index (χ2n) is 4.43. The smallest absolute Gasteiger partial charge is 0.227 e. The number of amides is 1.